The van der Waals surface area contributed by atoms with E-state index in [1.54, 1.807) is 6.20 Å². The van der Waals surface area contributed by atoms with Gasteiger partial charge in [0.1, 0.15) is 21.5 Å². The SMILES string of the molecule is CC(C)c1ccc(N2C[C@H](CS(C)(=O)=O)[C@H]2N)c2cnc(Nc3ccnc(-c4cn(CCO)nc4C(F)(F)F)n3)cc12. The molecule has 2 atom stereocenters. The van der Waals surface area contributed by atoms with Crippen molar-refractivity contribution < 1.29 is 26.7 Å². The van der Waals surface area contributed by atoms with Crippen molar-refractivity contribution in [3.63, 3.8) is 0 Å². The summed E-state index contributed by atoms with van der Waals surface area (Å²) in [5, 5.41) is 17.5. The highest BCUT2D eigenvalue weighted by Crippen LogP contribution is 2.39. The molecule has 0 amide bonds. The highest BCUT2D eigenvalue weighted by molar-refractivity contribution is 7.90. The Morgan fingerprint density at radius 2 is 1.93 bits per heavy atom. The van der Waals surface area contributed by atoms with E-state index in [0.29, 0.717) is 12.4 Å². The van der Waals surface area contributed by atoms with Gasteiger partial charge in [-0.2, -0.15) is 18.3 Å². The smallest absolute Gasteiger partial charge is 0.394 e. The molecular formula is C27H31F3N8O3S. The number of benzene rings is 1. The Morgan fingerprint density at radius 3 is 2.57 bits per heavy atom. The van der Waals surface area contributed by atoms with Gasteiger partial charge in [0.05, 0.1) is 30.6 Å². The lowest BCUT2D eigenvalue weighted by Gasteiger charge is -2.47. The van der Waals surface area contributed by atoms with E-state index in [1.165, 1.54) is 18.5 Å². The number of aliphatic hydroxyl groups is 1. The van der Waals surface area contributed by atoms with Crippen LogP contribution >= 0.6 is 0 Å². The Bertz CT molecular complexity index is 1730. The molecule has 1 aromatic carbocycles. The first-order valence-corrected chi connectivity index (χ1v) is 15.3. The molecule has 0 spiro atoms. The lowest BCUT2D eigenvalue weighted by Crippen LogP contribution is -2.63. The fraction of sp³-hybridized carbons (Fsp3) is 0.407. The second-order valence-corrected chi connectivity index (χ2v) is 12.9. The van der Waals surface area contributed by atoms with E-state index in [4.69, 9.17) is 10.8 Å². The highest BCUT2D eigenvalue weighted by atomic mass is 32.2. The van der Waals surface area contributed by atoms with Crippen LogP contribution in [0.5, 0.6) is 0 Å². The number of hydrogen-bond acceptors (Lipinski definition) is 10. The first-order chi connectivity index (χ1) is 19.7. The summed E-state index contributed by atoms with van der Waals surface area (Å²) in [4.78, 5) is 14.8. The van der Waals surface area contributed by atoms with Gasteiger partial charge in [0.25, 0.3) is 0 Å². The molecule has 224 valence electrons. The number of sulfone groups is 1. The minimum atomic E-state index is -4.74. The van der Waals surface area contributed by atoms with Crippen molar-refractivity contribution in [1.82, 2.24) is 24.7 Å². The van der Waals surface area contributed by atoms with Gasteiger partial charge in [-0.1, -0.05) is 19.9 Å². The number of hydrogen-bond donors (Lipinski definition) is 3. The molecule has 1 aliphatic rings. The molecule has 4 N–H and O–H groups in total. The fourth-order valence-electron chi connectivity index (χ4n) is 5.17. The Hall–Kier alpha value is -3.82. The molecule has 5 rings (SSSR count). The van der Waals surface area contributed by atoms with Crippen molar-refractivity contribution in [1.29, 1.82) is 0 Å². The van der Waals surface area contributed by atoms with Gasteiger partial charge < -0.3 is 21.1 Å². The summed E-state index contributed by atoms with van der Waals surface area (Å²) in [5.41, 5.74) is 6.81. The predicted molar refractivity (Wildman–Crippen MR) is 153 cm³/mol. The van der Waals surface area contributed by atoms with E-state index in [2.05, 4.69) is 39.2 Å². The monoisotopic (exact) mass is 604 g/mol. The molecule has 3 aromatic heterocycles. The van der Waals surface area contributed by atoms with Crippen LogP contribution in [0, 0.1) is 5.92 Å². The van der Waals surface area contributed by atoms with Crippen molar-refractivity contribution in [2.45, 2.75) is 38.7 Å². The minimum Gasteiger partial charge on any atom is -0.394 e. The molecule has 15 heteroatoms. The quantitative estimate of drug-likeness (QED) is 0.259. The first-order valence-electron chi connectivity index (χ1n) is 13.2. The second kappa shape index (κ2) is 11.1. The molecule has 1 aliphatic heterocycles. The second-order valence-electron chi connectivity index (χ2n) is 10.7. The maximum absolute atomic E-state index is 13.7. The number of alkyl halides is 3. The molecular weight excluding hydrogens is 573 g/mol. The zero-order chi connectivity index (χ0) is 30.4. The summed E-state index contributed by atoms with van der Waals surface area (Å²) < 4.78 is 65.5. The highest BCUT2D eigenvalue weighted by Gasteiger charge is 2.39. The Balaban J connectivity index is 1.47. The summed E-state index contributed by atoms with van der Waals surface area (Å²) in [5.74, 6) is 0.479. The molecule has 4 aromatic rings. The Morgan fingerprint density at radius 1 is 1.17 bits per heavy atom. The van der Waals surface area contributed by atoms with Crippen molar-refractivity contribution in [3.05, 3.63) is 54.1 Å². The van der Waals surface area contributed by atoms with Crippen LogP contribution in [-0.2, 0) is 22.6 Å². The van der Waals surface area contributed by atoms with Crippen LogP contribution in [0.2, 0.25) is 0 Å². The molecule has 0 aliphatic carbocycles. The van der Waals surface area contributed by atoms with Crippen molar-refractivity contribution in [3.8, 4) is 11.4 Å². The lowest BCUT2D eigenvalue weighted by molar-refractivity contribution is -0.141. The zero-order valence-corrected chi connectivity index (χ0v) is 24.0. The van der Waals surface area contributed by atoms with Crippen LogP contribution in [0.15, 0.2) is 42.9 Å². The zero-order valence-electron chi connectivity index (χ0n) is 23.2. The number of aliphatic hydroxyl groups excluding tert-OH is 1. The number of halogens is 3. The third kappa shape index (κ3) is 6.03. The predicted octanol–water partition coefficient (Wildman–Crippen LogP) is 3.53. The first kappa shape index (κ1) is 29.7. The van der Waals surface area contributed by atoms with Gasteiger partial charge in [-0.15, -0.1) is 0 Å². The summed E-state index contributed by atoms with van der Waals surface area (Å²) in [7, 11) is -3.16. The molecule has 11 nitrogen and oxygen atoms in total. The van der Waals surface area contributed by atoms with Gasteiger partial charge in [-0.05, 0) is 35.1 Å². The van der Waals surface area contributed by atoms with Gasteiger partial charge in [0.2, 0.25) is 0 Å². The van der Waals surface area contributed by atoms with Crippen LogP contribution in [0.3, 0.4) is 0 Å². The van der Waals surface area contributed by atoms with E-state index < -0.39 is 27.9 Å². The number of pyridine rings is 1. The summed E-state index contributed by atoms with van der Waals surface area (Å²) in [6, 6.07) is 7.33. The topological polar surface area (TPSA) is 152 Å². The third-order valence-electron chi connectivity index (χ3n) is 7.15. The molecule has 42 heavy (non-hydrogen) atoms. The average Bonchev–Trinajstić information content (AvgIpc) is 3.35. The normalized spacial score (nSPS) is 17.6. The largest absolute Gasteiger partial charge is 0.435 e. The van der Waals surface area contributed by atoms with E-state index in [9.17, 15) is 21.6 Å². The standard InChI is InChI=1S/C27H31F3N8O3S/c1-15(2)17-4-5-21(38-12-16(25(38)31)14-42(3,40)41)19-11-33-23(10-18(17)19)34-22-6-7-32-26(35-22)20-13-37(8-9-39)36-24(20)27(28,29)30/h4-7,10-11,13,15-16,25,39H,8-9,12,14,31H2,1-3H3,(H,32,33,34,35)/t16-,25+/m1/s1. The summed E-state index contributed by atoms with van der Waals surface area (Å²) in [6.07, 6.45) is 0.201. The van der Waals surface area contributed by atoms with Crippen LogP contribution < -0.4 is 16.0 Å². The molecule has 4 heterocycles. The van der Waals surface area contributed by atoms with Crippen molar-refractivity contribution in [2.75, 3.05) is 35.4 Å². The van der Waals surface area contributed by atoms with Gasteiger partial charge in [-0.25, -0.2) is 23.4 Å². The van der Waals surface area contributed by atoms with Crippen LogP contribution in [0.1, 0.15) is 31.0 Å². The van der Waals surface area contributed by atoms with E-state index >= 15 is 0 Å². The summed E-state index contributed by atoms with van der Waals surface area (Å²) in [6.45, 7) is 4.14. The van der Waals surface area contributed by atoms with Crippen LogP contribution in [-0.4, -0.2) is 69.6 Å². The number of nitrogens with two attached hydrogens (primary N) is 1. The minimum absolute atomic E-state index is 0.0204. The summed E-state index contributed by atoms with van der Waals surface area (Å²) >= 11 is 0. The number of aromatic nitrogens is 5. The lowest BCUT2D eigenvalue weighted by atomic mass is 9.92. The maximum atomic E-state index is 13.7. The molecule has 0 bridgehead atoms. The average molecular weight is 605 g/mol. The fourth-order valence-corrected chi connectivity index (χ4v) is 6.25. The van der Waals surface area contributed by atoms with Gasteiger partial charge >= 0.3 is 6.18 Å². The number of rotatable bonds is 9. The number of fused-ring (bicyclic) bond motifs is 1. The maximum Gasteiger partial charge on any atom is 0.435 e. The van der Waals surface area contributed by atoms with Crippen molar-refractivity contribution >= 4 is 37.9 Å². The number of nitrogens with zero attached hydrogens (tertiary/aromatic N) is 6. The van der Waals surface area contributed by atoms with Gasteiger partial charge in [-0.3, -0.25) is 4.68 Å². The molecule has 1 fully saturated rings. The number of anilines is 3. The number of nitrogens with one attached hydrogen (secondary N) is 1. The van der Waals surface area contributed by atoms with Gasteiger partial charge in [0, 0.05) is 48.4 Å². The molecule has 0 saturated carbocycles. The third-order valence-corrected chi connectivity index (χ3v) is 8.18. The Labute approximate surface area is 240 Å². The van der Waals surface area contributed by atoms with Crippen LogP contribution in [0.4, 0.5) is 30.5 Å². The molecule has 0 unspecified atom stereocenters. The van der Waals surface area contributed by atoms with E-state index in [0.717, 1.165) is 32.9 Å². The van der Waals surface area contributed by atoms with E-state index in [-0.39, 0.29) is 47.9 Å². The van der Waals surface area contributed by atoms with Crippen LogP contribution in [0.25, 0.3) is 22.2 Å². The molecule has 0 radical (unpaired) electrons. The van der Waals surface area contributed by atoms with Crippen molar-refractivity contribution in [2.24, 2.45) is 11.7 Å². The molecule has 1 saturated heterocycles. The Kier molecular flexibility index (Phi) is 7.85. The van der Waals surface area contributed by atoms with Gasteiger partial charge in [0.15, 0.2) is 11.5 Å². The van der Waals surface area contributed by atoms with E-state index in [1.807, 2.05) is 23.1 Å².